The first kappa shape index (κ1) is 16.9. The van der Waals surface area contributed by atoms with Crippen LogP contribution in [0, 0.1) is 0 Å². The second-order valence-electron chi connectivity index (χ2n) is 5.01. The SMILES string of the molecule is CCCC(C)NC(=O)NC(C)CCCCCC=O. The number of hydrogen-bond donors (Lipinski definition) is 2. The minimum absolute atomic E-state index is 0.0728. The van der Waals surface area contributed by atoms with Crippen molar-refractivity contribution in [2.45, 2.75) is 77.8 Å². The van der Waals surface area contributed by atoms with Gasteiger partial charge in [0.05, 0.1) is 0 Å². The number of amides is 2. The molecule has 106 valence electrons. The Labute approximate surface area is 111 Å². The van der Waals surface area contributed by atoms with Crippen molar-refractivity contribution in [2.75, 3.05) is 0 Å². The summed E-state index contributed by atoms with van der Waals surface area (Å²) in [4.78, 5) is 21.7. The zero-order valence-electron chi connectivity index (χ0n) is 12.0. The Bertz CT molecular complexity index is 232. The van der Waals surface area contributed by atoms with Crippen LogP contribution in [0.2, 0.25) is 0 Å². The Morgan fingerprint density at radius 1 is 1.06 bits per heavy atom. The lowest BCUT2D eigenvalue weighted by Crippen LogP contribution is -2.44. The van der Waals surface area contributed by atoms with Gasteiger partial charge < -0.3 is 15.4 Å². The van der Waals surface area contributed by atoms with Crippen LogP contribution in [0.3, 0.4) is 0 Å². The summed E-state index contributed by atoms with van der Waals surface area (Å²) in [5.41, 5.74) is 0. The average molecular weight is 256 g/mol. The van der Waals surface area contributed by atoms with E-state index >= 15 is 0 Å². The molecule has 2 amide bonds. The second kappa shape index (κ2) is 11.1. The minimum Gasteiger partial charge on any atom is -0.336 e. The third-order valence-electron chi connectivity index (χ3n) is 2.94. The second-order valence-corrected chi connectivity index (χ2v) is 5.01. The first-order valence-corrected chi connectivity index (χ1v) is 7.10. The summed E-state index contributed by atoms with van der Waals surface area (Å²) >= 11 is 0. The van der Waals surface area contributed by atoms with Gasteiger partial charge in [-0.1, -0.05) is 26.2 Å². The molecular formula is C14H28N2O2. The van der Waals surface area contributed by atoms with Crippen LogP contribution in [-0.2, 0) is 4.79 Å². The van der Waals surface area contributed by atoms with E-state index in [-0.39, 0.29) is 18.1 Å². The van der Waals surface area contributed by atoms with Crippen molar-refractivity contribution in [3.05, 3.63) is 0 Å². The van der Waals surface area contributed by atoms with Crippen LogP contribution in [0.4, 0.5) is 4.79 Å². The molecule has 0 rings (SSSR count). The molecule has 0 aromatic rings. The number of aldehydes is 1. The predicted molar refractivity (Wildman–Crippen MR) is 74.6 cm³/mol. The summed E-state index contributed by atoms with van der Waals surface area (Å²) < 4.78 is 0. The Morgan fingerprint density at radius 2 is 1.67 bits per heavy atom. The molecule has 4 heteroatoms. The highest BCUT2D eigenvalue weighted by Gasteiger charge is 2.09. The lowest BCUT2D eigenvalue weighted by molar-refractivity contribution is -0.107. The molecule has 4 nitrogen and oxygen atoms in total. The van der Waals surface area contributed by atoms with Crippen molar-refractivity contribution in [1.82, 2.24) is 10.6 Å². The molecule has 0 saturated heterocycles. The van der Waals surface area contributed by atoms with Crippen molar-refractivity contribution in [2.24, 2.45) is 0 Å². The molecule has 0 aliphatic carbocycles. The number of unbranched alkanes of at least 4 members (excludes halogenated alkanes) is 3. The van der Waals surface area contributed by atoms with Crippen molar-refractivity contribution in [3.8, 4) is 0 Å². The number of carbonyl (C=O) groups is 2. The standard InChI is InChI=1S/C14H28N2O2/c1-4-9-12(2)15-14(18)16-13(3)10-7-5-6-8-11-17/h11-13H,4-10H2,1-3H3,(H2,15,16,18). The van der Waals surface area contributed by atoms with Gasteiger partial charge >= 0.3 is 6.03 Å². The van der Waals surface area contributed by atoms with Gasteiger partial charge in [-0.3, -0.25) is 0 Å². The van der Waals surface area contributed by atoms with Gasteiger partial charge in [0.2, 0.25) is 0 Å². The largest absolute Gasteiger partial charge is 0.336 e. The summed E-state index contributed by atoms with van der Waals surface area (Å²) in [6, 6.07) is 0.348. The van der Waals surface area contributed by atoms with Crippen LogP contribution in [0.15, 0.2) is 0 Å². The molecule has 2 unspecified atom stereocenters. The molecule has 0 radical (unpaired) electrons. The van der Waals surface area contributed by atoms with Crippen LogP contribution in [-0.4, -0.2) is 24.4 Å². The van der Waals surface area contributed by atoms with Crippen LogP contribution in [0.25, 0.3) is 0 Å². The molecule has 0 spiro atoms. The maximum Gasteiger partial charge on any atom is 0.315 e. The quantitative estimate of drug-likeness (QED) is 0.466. The Kier molecular flexibility index (Phi) is 10.4. The number of hydrogen-bond acceptors (Lipinski definition) is 2. The fourth-order valence-electron chi connectivity index (χ4n) is 1.92. The molecule has 2 N–H and O–H groups in total. The summed E-state index contributed by atoms with van der Waals surface area (Å²) in [6.07, 6.45) is 7.73. The van der Waals surface area contributed by atoms with Crippen LogP contribution in [0.5, 0.6) is 0 Å². The van der Waals surface area contributed by atoms with Crippen molar-refractivity contribution >= 4 is 12.3 Å². The molecule has 0 bridgehead atoms. The van der Waals surface area contributed by atoms with Gasteiger partial charge in [0.1, 0.15) is 6.29 Å². The lowest BCUT2D eigenvalue weighted by atomic mass is 10.1. The van der Waals surface area contributed by atoms with E-state index in [2.05, 4.69) is 17.6 Å². The van der Waals surface area contributed by atoms with E-state index in [0.29, 0.717) is 6.42 Å². The van der Waals surface area contributed by atoms with Gasteiger partial charge in [-0.25, -0.2) is 4.79 Å². The number of carbonyl (C=O) groups excluding carboxylic acids is 2. The van der Waals surface area contributed by atoms with Crippen molar-refractivity contribution in [1.29, 1.82) is 0 Å². The Balaban J connectivity index is 3.57. The summed E-state index contributed by atoms with van der Waals surface area (Å²) in [6.45, 7) is 6.15. The zero-order valence-corrected chi connectivity index (χ0v) is 12.0. The highest BCUT2D eigenvalue weighted by molar-refractivity contribution is 5.74. The molecule has 0 aromatic heterocycles. The average Bonchev–Trinajstić information content (AvgIpc) is 2.28. The normalized spacial score (nSPS) is 13.7. The van der Waals surface area contributed by atoms with E-state index < -0.39 is 0 Å². The van der Waals surface area contributed by atoms with Gasteiger partial charge in [0.25, 0.3) is 0 Å². The smallest absolute Gasteiger partial charge is 0.315 e. The van der Waals surface area contributed by atoms with Crippen molar-refractivity contribution in [3.63, 3.8) is 0 Å². The summed E-state index contributed by atoms with van der Waals surface area (Å²) in [5.74, 6) is 0. The van der Waals surface area contributed by atoms with Gasteiger partial charge in [-0.2, -0.15) is 0 Å². The van der Waals surface area contributed by atoms with E-state index in [4.69, 9.17) is 0 Å². The van der Waals surface area contributed by atoms with E-state index in [1.165, 1.54) is 0 Å². The van der Waals surface area contributed by atoms with E-state index in [9.17, 15) is 9.59 Å². The van der Waals surface area contributed by atoms with Gasteiger partial charge in [-0.05, 0) is 33.1 Å². The molecule has 0 saturated carbocycles. The van der Waals surface area contributed by atoms with E-state index in [1.54, 1.807) is 0 Å². The number of urea groups is 1. The molecule has 2 atom stereocenters. The summed E-state index contributed by atoms with van der Waals surface area (Å²) in [7, 11) is 0. The van der Waals surface area contributed by atoms with E-state index in [0.717, 1.165) is 44.8 Å². The van der Waals surface area contributed by atoms with Gasteiger partial charge in [0, 0.05) is 18.5 Å². The zero-order chi connectivity index (χ0) is 13.8. The van der Waals surface area contributed by atoms with Crippen LogP contribution in [0.1, 0.15) is 65.7 Å². The fraction of sp³-hybridized carbons (Fsp3) is 0.857. The number of rotatable bonds is 10. The molecule has 0 aliphatic heterocycles. The van der Waals surface area contributed by atoms with E-state index in [1.807, 2.05) is 13.8 Å². The first-order valence-electron chi connectivity index (χ1n) is 7.10. The Hall–Kier alpha value is -1.06. The highest BCUT2D eigenvalue weighted by Crippen LogP contribution is 2.04. The molecule has 18 heavy (non-hydrogen) atoms. The predicted octanol–water partition coefficient (Wildman–Crippen LogP) is 3.01. The highest BCUT2D eigenvalue weighted by atomic mass is 16.2. The number of nitrogens with one attached hydrogen (secondary N) is 2. The topological polar surface area (TPSA) is 58.2 Å². The molecule has 0 fully saturated rings. The third-order valence-corrected chi connectivity index (χ3v) is 2.94. The molecule has 0 heterocycles. The minimum atomic E-state index is -0.0728. The maximum atomic E-state index is 11.6. The fourth-order valence-corrected chi connectivity index (χ4v) is 1.92. The van der Waals surface area contributed by atoms with Gasteiger partial charge in [0.15, 0.2) is 0 Å². The molecule has 0 aromatic carbocycles. The monoisotopic (exact) mass is 256 g/mol. The lowest BCUT2D eigenvalue weighted by Gasteiger charge is -2.17. The van der Waals surface area contributed by atoms with Gasteiger partial charge in [-0.15, -0.1) is 0 Å². The summed E-state index contributed by atoms with van der Waals surface area (Å²) in [5, 5.41) is 5.87. The Morgan fingerprint density at radius 3 is 2.22 bits per heavy atom. The van der Waals surface area contributed by atoms with Crippen molar-refractivity contribution < 1.29 is 9.59 Å². The maximum absolute atomic E-state index is 11.6. The molecular weight excluding hydrogens is 228 g/mol. The van der Waals surface area contributed by atoms with Crippen LogP contribution >= 0.6 is 0 Å². The molecule has 0 aliphatic rings. The third kappa shape index (κ3) is 10.1. The first-order chi connectivity index (χ1) is 8.60. The van der Waals surface area contributed by atoms with Crippen LogP contribution < -0.4 is 10.6 Å².